The van der Waals surface area contributed by atoms with Crippen LogP contribution in [-0.2, 0) is 20.8 Å². The van der Waals surface area contributed by atoms with Gasteiger partial charge in [0, 0.05) is 13.1 Å². The SMILES string of the molecule is COC(=O)c1ccoc1CN(C)CC(=O)N1CCOCC1. The Hall–Kier alpha value is -1.86. The van der Waals surface area contributed by atoms with Gasteiger partial charge in [0.1, 0.15) is 11.3 Å². The topological polar surface area (TPSA) is 72.2 Å². The highest BCUT2D eigenvalue weighted by Crippen LogP contribution is 2.14. The number of carbonyl (C=O) groups excluding carboxylic acids is 2. The Labute approximate surface area is 123 Å². The number of morpholine rings is 1. The molecule has 0 N–H and O–H groups in total. The first kappa shape index (κ1) is 15.5. The van der Waals surface area contributed by atoms with Crippen LogP contribution in [0.2, 0.25) is 0 Å². The molecule has 0 atom stereocenters. The number of rotatable bonds is 5. The van der Waals surface area contributed by atoms with Crippen LogP contribution in [0.3, 0.4) is 0 Å². The molecule has 0 aliphatic carbocycles. The van der Waals surface area contributed by atoms with Gasteiger partial charge in [0.2, 0.25) is 5.91 Å². The van der Waals surface area contributed by atoms with Crippen LogP contribution < -0.4 is 0 Å². The summed E-state index contributed by atoms with van der Waals surface area (Å²) in [6.45, 7) is 3.05. The number of amides is 1. The number of likely N-dealkylation sites (N-methyl/N-ethyl adjacent to an activating group) is 1. The second-order valence-electron chi connectivity index (χ2n) is 4.91. The highest BCUT2D eigenvalue weighted by atomic mass is 16.5. The highest BCUT2D eigenvalue weighted by Gasteiger charge is 2.21. The van der Waals surface area contributed by atoms with Crippen LogP contribution in [-0.4, -0.2) is 68.7 Å². The van der Waals surface area contributed by atoms with Crippen molar-refractivity contribution in [3.8, 4) is 0 Å². The molecule has 116 valence electrons. The van der Waals surface area contributed by atoms with Crippen LogP contribution in [0.4, 0.5) is 0 Å². The van der Waals surface area contributed by atoms with Crippen molar-refractivity contribution < 1.29 is 23.5 Å². The lowest BCUT2D eigenvalue weighted by Crippen LogP contribution is -2.44. The predicted molar refractivity (Wildman–Crippen MR) is 73.8 cm³/mol. The molecule has 0 saturated carbocycles. The van der Waals surface area contributed by atoms with E-state index >= 15 is 0 Å². The molecule has 0 radical (unpaired) electrons. The minimum Gasteiger partial charge on any atom is -0.467 e. The average Bonchev–Trinajstić information content (AvgIpc) is 2.95. The summed E-state index contributed by atoms with van der Waals surface area (Å²) in [5, 5.41) is 0. The van der Waals surface area contributed by atoms with Crippen LogP contribution >= 0.6 is 0 Å². The van der Waals surface area contributed by atoms with E-state index in [4.69, 9.17) is 9.15 Å². The van der Waals surface area contributed by atoms with Crippen LogP contribution in [0.15, 0.2) is 16.7 Å². The minimum absolute atomic E-state index is 0.0481. The van der Waals surface area contributed by atoms with Gasteiger partial charge in [-0.05, 0) is 13.1 Å². The Morgan fingerprint density at radius 2 is 2.10 bits per heavy atom. The van der Waals surface area contributed by atoms with Gasteiger partial charge in [0.05, 0.1) is 39.7 Å². The molecule has 2 heterocycles. The van der Waals surface area contributed by atoms with Gasteiger partial charge in [-0.25, -0.2) is 4.79 Å². The quantitative estimate of drug-likeness (QED) is 0.730. The van der Waals surface area contributed by atoms with E-state index < -0.39 is 5.97 Å². The molecule has 2 rings (SSSR count). The van der Waals surface area contributed by atoms with Gasteiger partial charge in [-0.2, -0.15) is 0 Å². The molecule has 1 saturated heterocycles. The molecule has 1 amide bonds. The standard InChI is InChI=1S/C14H20N2O5/c1-15(10-13(17)16-4-7-20-8-5-16)9-12-11(3-6-21-12)14(18)19-2/h3,6H,4-5,7-10H2,1-2H3. The monoisotopic (exact) mass is 296 g/mol. The van der Waals surface area contributed by atoms with Crippen molar-refractivity contribution in [1.82, 2.24) is 9.80 Å². The van der Waals surface area contributed by atoms with Crippen molar-refractivity contribution in [2.45, 2.75) is 6.54 Å². The van der Waals surface area contributed by atoms with Gasteiger partial charge in [-0.3, -0.25) is 9.69 Å². The Morgan fingerprint density at radius 1 is 1.38 bits per heavy atom. The summed E-state index contributed by atoms with van der Waals surface area (Å²) in [7, 11) is 3.13. The average molecular weight is 296 g/mol. The molecular formula is C14H20N2O5. The zero-order valence-electron chi connectivity index (χ0n) is 12.3. The first-order chi connectivity index (χ1) is 10.1. The Bertz CT molecular complexity index is 493. The first-order valence-electron chi connectivity index (χ1n) is 6.80. The molecular weight excluding hydrogens is 276 g/mol. The third-order valence-electron chi connectivity index (χ3n) is 3.33. The fraction of sp³-hybridized carbons (Fsp3) is 0.571. The van der Waals surface area contributed by atoms with Gasteiger partial charge >= 0.3 is 5.97 Å². The second kappa shape index (κ2) is 7.24. The van der Waals surface area contributed by atoms with E-state index in [-0.39, 0.29) is 12.5 Å². The number of carbonyl (C=O) groups is 2. The maximum atomic E-state index is 12.1. The Morgan fingerprint density at radius 3 is 2.76 bits per heavy atom. The number of methoxy groups -OCH3 is 1. The van der Waals surface area contributed by atoms with E-state index in [1.54, 1.807) is 11.0 Å². The first-order valence-corrected chi connectivity index (χ1v) is 6.80. The van der Waals surface area contributed by atoms with Crippen LogP contribution in [0, 0.1) is 0 Å². The zero-order chi connectivity index (χ0) is 15.2. The molecule has 1 aromatic heterocycles. The largest absolute Gasteiger partial charge is 0.467 e. The van der Waals surface area contributed by atoms with E-state index in [1.807, 2.05) is 11.9 Å². The van der Waals surface area contributed by atoms with Crippen LogP contribution in [0.25, 0.3) is 0 Å². The molecule has 1 aliphatic rings. The maximum absolute atomic E-state index is 12.1. The molecule has 7 nitrogen and oxygen atoms in total. The summed E-state index contributed by atoms with van der Waals surface area (Å²) < 4.78 is 15.2. The van der Waals surface area contributed by atoms with Crippen LogP contribution in [0.1, 0.15) is 16.1 Å². The van der Waals surface area contributed by atoms with Crippen molar-refractivity contribution in [2.24, 2.45) is 0 Å². The molecule has 21 heavy (non-hydrogen) atoms. The van der Waals surface area contributed by atoms with E-state index in [9.17, 15) is 9.59 Å². The van der Waals surface area contributed by atoms with Gasteiger partial charge in [0.15, 0.2) is 0 Å². The number of hydrogen-bond acceptors (Lipinski definition) is 6. The smallest absolute Gasteiger partial charge is 0.341 e. The molecule has 1 fully saturated rings. The number of nitrogens with zero attached hydrogens (tertiary/aromatic N) is 2. The molecule has 0 aromatic carbocycles. The fourth-order valence-electron chi connectivity index (χ4n) is 2.20. The van der Waals surface area contributed by atoms with Crippen molar-refractivity contribution >= 4 is 11.9 Å². The lowest BCUT2D eigenvalue weighted by Gasteiger charge is -2.28. The van der Waals surface area contributed by atoms with Crippen molar-refractivity contribution in [3.05, 3.63) is 23.7 Å². The maximum Gasteiger partial charge on any atom is 0.341 e. The predicted octanol–water partition coefficient (Wildman–Crippen LogP) is 0.357. The number of hydrogen-bond donors (Lipinski definition) is 0. The van der Waals surface area contributed by atoms with Crippen molar-refractivity contribution in [2.75, 3.05) is 47.0 Å². The molecule has 1 aliphatic heterocycles. The molecule has 7 heteroatoms. The second-order valence-corrected chi connectivity index (χ2v) is 4.91. The molecule has 0 bridgehead atoms. The van der Waals surface area contributed by atoms with Gasteiger partial charge in [-0.15, -0.1) is 0 Å². The number of furan rings is 1. The normalized spacial score (nSPS) is 15.3. The summed E-state index contributed by atoms with van der Waals surface area (Å²) in [5.74, 6) is 0.109. The Balaban J connectivity index is 1.89. The zero-order valence-corrected chi connectivity index (χ0v) is 12.3. The van der Waals surface area contributed by atoms with Crippen molar-refractivity contribution in [1.29, 1.82) is 0 Å². The minimum atomic E-state index is -0.438. The highest BCUT2D eigenvalue weighted by molar-refractivity contribution is 5.90. The van der Waals surface area contributed by atoms with Gasteiger partial charge in [-0.1, -0.05) is 0 Å². The third kappa shape index (κ3) is 4.05. The number of esters is 1. The lowest BCUT2D eigenvalue weighted by atomic mass is 10.2. The van der Waals surface area contributed by atoms with Gasteiger partial charge in [0.25, 0.3) is 0 Å². The van der Waals surface area contributed by atoms with Crippen LogP contribution in [0.5, 0.6) is 0 Å². The third-order valence-corrected chi connectivity index (χ3v) is 3.33. The summed E-state index contributed by atoms with van der Waals surface area (Å²) in [4.78, 5) is 27.3. The van der Waals surface area contributed by atoms with E-state index in [0.29, 0.717) is 44.2 Å². The van der Waals surface area contributed by atoms with Gasteiger partial charge < -0.3 is 18.8 Å². The lowest BCUT2D eigenvalue weighted by molar-refractivity contribution is -0.136. The van der Waals surface area contributed by atoms with E-state index in [1.165, 1.54) is 13.4 Å². The molecule has 1 aromatic rings. The summed E-state index contributed by atoms with van der Waals surface area (Å²) >= 11 is 0. The summed E-state index contributed by atoms with van der Waals surface area (Å²) in [6.07, 6.45) is 1.44. The molecule has 0 unspecified atom stereocenters. The Kier molecular flexibility index (Phi) is 5.35. The van der Waals surface area contributed by atoms with E-state index in [2.05, 4.69) is 4.74 Å². The molecule has 0 spiro atoms. The summed E-state index contributed by atoms with van der Waals surface area (Å²) in [6, 6.07) is 1.57. The number of ether oxygens (including phenoxy) is 2. The van der Waals surface area contributed by atoms with E-state index in [0.717, 1.165) is 0 Å². The summed E-state index contributed by atoms with van der Waals surface area (Å²) in [5.41, 5.74) is 0.392. The fourth-order valence-corrected chi connectivity index (χ4v) is 2.20. The van der Waals surface area contributed by atoms with Crippen molar-refractivity contribution in [3.63, 3.8) is 0 Å².